The second kappa shape index (κ2) is 8.58. The fraction of sp³-hybridized carbons (Fsp3) is 0.929. The number of rotatable bonds is 8. The smallest absolute Gasteiger partial charge is 0.407 e. The van der Waals surface area contributed by atoms with E-state index in [2.05, 4.69) is 10.6 Å². The van der Waals surface area contributed by atoms with Gasteiger partial charge in [-0.05, 0) is 47.6 Å². The summed E-state index contributed by atoms with van der Waals surface area (Å²) in [6.07, 6.45) is 0.270. The number of alkyl carbamates (subject to hydrolysis) is 1. The van der Waals surface area contributed by atoms with Crippen molar-refractivity contribution < 1.29 is 17.9 Å². The summed E-state index contributed by atoms with van der Waals surface area (Å²) in [5, 5.41) is 5.90. The monoisotopic (exact) mass is 322 g/mol. The van der Waals surface area contributed by atoms with Crippen molar-refractivity contribution >= 4 is 15.9 Å². The molecule has 0 heterocycles. The molecule has 0 aliphatic heterocycles. The summed E-state index contributed by atoms with van der Waals surface area (Å²) >= 11 is 0. The number of hydrogen-bond acceptors (Lipinski definition) is 5. The van der Waals surface area contributed by atoms with Gasteiger partial charge in [0.25, 0.3) is 0 Å². The summed E-state index contributed by atoms with van der Waals surface area (Å²) in [4.78, 5) is 11.6. The molecule has 0 aromatic heterocycles. The van der Waals surface area contributed by atoms with Crippen LogP contribution in [-0.4, -0.2) is 50.2 Å². The van der Waals surface area contributed by atoms with Gasteiger partial charge in [0.1, 0.15) is 5.60 Å². The molecule has 0 spiro atoms. The molecule has 0 bridgehead atoms. The molecule has 0 aliphatic rings. The summed E-state index contributed by atoms with van der Waals surface area (Å²) in [5.74, 6) is 0.299. The van der Waals surface area contributed by atoms with Crippen molar-refractivity contribution in [3.8, 4) is 0 Å². The van der Waals surface area contributed by atoms with E-state index in [1.807, 2.05) is 34.6 Å². The van der Waals surface area contributed by atoms with Gasteiger partial charge in [0.15, 0.2) is 9.84 Å². The first-order valence-corrected chi connectivity index (χ1v) is 9.20. The van der Waals surface area contributed by atoms with Crippen molar-refractivity contribution in [3.63, 3.8) is 0 Å². The molecule has 0 aromatic carbocycles. The third kappa shape index (κ3) is 11.5. The molecule has 0 saturated carbocycles. The van der Waals surface area contributed by atoms with Crippen LogP contribution in [0.2, 0.25) is 0 Å². The van der Waals surface area contributed by atoms with E-state index in [1.54, 1.807) is 6.92 Å². The van der Waals surface area contributed by atoms with E-state index in [0.29, 0.717) is 13.0 Å². The molecule has 2 N–H and O–H groups in total. The quantitative estimate of drug-likeness (QED) is 0.710. The lowest BCUT2D eigenvalue weighted by Gasteiger charge is -2.22. The van der Waals surface area contributed by atoms with Gasteiger partial charge in [-0.1, -0.05) is 6.92 Å². The number of hydrogen-bond donors (Lipinski definition) is 2. The molecule has 0 aliphatic carbocycles. The van der Waals surface area contributed by atoms with Gasteiger partial charge in [0, 0.05) is 17.8 Å². The zero-order valence-electron chi connectivity index (χ0n) is 14.0. The molecule has 1 amide bonds. The van der Waals surface area contributed by atoms with Crippen molar-refractivity contribution in [1.29, 1.82) is 0 Å². The van der Waals surface area contributed by atoms with Crippen LogP contribution in [0.3, 0.4) is 0 Å². The van der Waals surface area contributed by atoms with Crippen LogP contribution >= 0.6 is 0 Å². The Bertz CT molecular complexity index is 415. The average Bonchev–Trinajstić information content (AvgIpc) is 2.25. The highest BCUT2D eigenvalue weighted by molar-refractivity contribution is 7.91. The van der Waals surface area contributed by atoms with Crippen molar-refractivity contribution in [1.82, 2.24) is 10.6 Å². The maximum absolute atomic E-state index is 11.6. The van der Waals surface area contributed by atoms with Crippen molar-refractivity contribution in [2.24, 2.45) is 0 Å². The Hall–Kier alpha value is -0.820. The van der Waals surface area contributed by atoms with Gasteiger partial charge in [-0.2, -0.15) is 0 Å². The van der Waals surface area contributed by atoms with Gasteiger partial charge in [-0.3, -0.25) is 0 Å². The second-order valence-corrected chi connectivity index (χ2v) is 8.79. The molecular formula is C14H30N2O4S. The topological polar surface area (TPSA) is 84.5 Å². The number of amides is 1. The molecule has 0 fully saturated rings. The van der Waals surface area contributed by atoms with Gasteiger partial charge in [0.05, 0.1) is 5.75 Å². The van der Waals surface area contributed by atoms with E-state index < -0.39 is 21.5 Å². The maximum atomic E-state index is 11.6. The minimum atomic E-state index is -2.96. The molecule has 0 saturated heterocycles. The molecule has 126 valence electrons. The Labute approximate surface area is 128 Å². The average molecular weight is 322 g/mol. The molecule has 2 unspecified atom stereocenters. The van der Waals surface area contributed by atoms with Gasteiger partial charge >= 0.3 is 6.09 Å². The molecule has 21 heavy (non-hydrogen) atoms. The van der Waals surface area contributed by atoms with Crippen LogP contribution in [0.5, 0.6) is 0 Å². The SMILES string of the molecule is CCS(=O)(=O)CC(C)NCCC(C)NC(=O)OC(C)(C)C. The molecule has 2 atom stereocenters. The Morgan fingerprint density at radius 2 is 1.76 bits per heavy atom. The predicted molar refractivity (Wildman–Crippen MR) is 85.2 cm³/mol. The number of carbonyl (C=O) groups excluding carboxylic acids is 1. The highest BCUT2D eigenvalue weighted by atomic mass is 32.2. The Morgan fingerprint density at radius 3 is 2.24 bits per heavy atom. The van der Waals surface area contributed by atoms with Crippen LogP contribution in [0.1, 0.15) is 48.0 Å². The van der Waals surface area contributed by atoms with Crippen LogP contribution in [0.4, 0.5) is 4.79 Å². The first-order valence-electron chi connectivity index (χ1n) is 7.38. The molecule has 7 heteroatoms. The largest absolute Gasteiger partial charge is 0.444 e. The van der Waals surface area contributed by atoms with E-state index in [1.165, 1.54) is 0 Å². The summed E-state index contributed by atoms with van der Waals surface area (Å²) in [5.41, 5.74) is -0.509. The van der Waals surface area contributed by atoms with E-state index in [-0.39, 0.29) is 23.6 Å². The summed E-state index contributed by atoms with van der Waals surface area (Å²) in [6.45, 7) is 11.5. The zero-order chi connectivity index (χ0) is 16.7. The minimum absolute atomic E-state index is 0.0395. The molecular weight excluding hydrogens is 292 g/mol. The van der Waals surface area contributed by atoms with E-state index in [4.69, 9.17) is 4.74 Å². The lowest BCUT2D eigenvalue weighted by Crippen LogP contribution is -2.40. The highest BCUT2D eigenvalue weighted by Crippen LogP contribution is 2.07. The Morgan fingerprint density at radius 1 is 1.19 bits per heavy atom. The van der Waals surface area contributed by atoms with Crippen molar-refractivity contribution in [2.75, 3.05) is 18.1 Å². The minimum Gasteiger partial charge on any atom is -0.444 e. The summed E-state index contributed by atoms with van der Waals surface area (Å²) in [6, 6.07) is -0.133. The van der Waals surface area contributed by atoms with Gasteiger partial charge < -0.3 is 15.4 Å². The molecule has 0 aromatic rings. The second-order valence-electron chi connectivity index (χ2n) is 6.39. The van der Waals surface area contributed by atoms with Crippen molar-refractivity contribution in [2.45, 2.75) is 65.6 Å². The van der Waals surface area contributed by atoms with Crippen LogP contribution in [-0.2, 0) is 14.6 Å². The summed E-state index contributed by atoms with van der Waals surface area (Å²) < 4.78 is 28.1. The maximum Gasteiger partial charge on any atom is 0.407 e. The fourth-order valence-electron chi connectivity index (χ4n) is 1.68. The lowest BCUT2D eigenvalue weighted by molar-refractivity contribution is 0.0506. The van der Waals surface area contributed by atoms with Gasteiger partial charge in [-0.25, -0.2) is 13.2 Å². The third-order valence-corrected chi connectivity index (χ3v) is 4.66. The van der Waals surface area contributed by atoms with E-state index in [0.717, 1.165) is 0 Å². The normalized spacial score (nSPS) is 15.3. The van der Waals surface area contributed by atoms with E-state index in [9.17, 15) is 13.2 Å². The lowest BCUT2D eigenvalue weighted by atomic mass is 10.2. The standard InChI is InChI=1S/C14H30N2O4S/c1-7-21(18,19)10-12(3)15-9-8-11(2)16-13(17)20-14(4,5)6/h11-12,15H,7-10H2,1-6H3,(H,16,17). The number of carbonyl (C=O) groups is 1. The Balaban J connectivity index is 3.94. The molecule has 0 rings (SSSR count). The first kappa shape index (κ1) is 20.2. The van der Waals surface area contributed by atoms with Crippen LogP contribution in [0.15, 0.2) is 0 Å². The van der Waals surface area contributed by atoms with Crippen LogP contribution in [0, 0.1) is 0 Å². The number of sulfone groups is 1. The number of nitrogens with one attached hydrogen (secondary N) is 2. The van der Waals surface area contributed by atoms with Crippen LogP contribution < -0.4 is 10.6 Å². The van der Waals surface area contributed by atoms with Crippen LogP contribution in [0.25, 0.3) is 0 Å². The highest BCUT2D eigenvalue weighted by Gasteiger charge is 2.18. The van der Waals surface area contributed by atoms with Gasteiger partial charge in [0.2, 0.25) is 0 Å². The number of ether oxygens (including phenoxy) is 1. The van der Waals surface area contributed by atoms with E-state index >= 15 is 0 Å². The fourth-order valence-corrected chi connectivity index (χ4v) is 2.80. The summed E-state index contributed by atoms with van der Waals surface area (Å²) in [7, 11) is -2.96. The molecule has 6 nitrogen and oxygen atoms in total. The zero-order valence-corrected chi connectivity index (χ0v) is 14.8. The Kier molecular flexibility index (Phi) is 8.25. The first-order chi connectivity index (χ1) is 9.45. The van der Waals surface area contributed by atoms with Crippen molar-refractivity contribution in [3.05, 3.63) is 0 Å². The molecule has 0 radical (unpaired) electrons. The van der Waals surface area contributed by atoms with Gasteiger partial charge in [-0.15, -0.1) is 0 Å². The predicted octanol–water partition coefficient (Wildman–Crippen LogP) is 1.70. The third-order valence-electron chi connectivity index (χ3n) is 2.78.